The zero-order chi connectivity index (χ0) is 21.3. The van der Waals surface area contributed by atoms with Gasteiger partial charge in [-0.15, -0.1) is 24.0 Å². The van der Waals surface area contributed by atoms with Crippen molar-refractivity contribution in [3.63, 3.8) is 0 Å². The molecule has 0 radical (unpaired) electrons. The van der Waals surface area contributed by atoms with Gasteiger partial charge in [-0.1, -0.05) is 30.3 Å². The lowest BCUT2D eigenvalue weighted by Gasteiger charge is -2.25. The second-order valence-electron chi connectivity index (χ2n) is 7.60. The molecule has 1 heterocycles. The van der Waals surface area contributed by atoms with Gasteiger partial charge in [-0.3, -0.25) is 9.79 Å². The van der Waals surface area contributed by atoms with Crippen LogP contribution in [-0.4, -0.2) is 44.6 Å². The maximum absolute atomic E-state index is 12.0. The van der Waals surface area contributed by atoms with Crippen molar-refractivity contribution in [3.05, 3.63) is 59.7 Å². The van der Waals surface area contributed by atoms with Crippen molar-refractivity contribution in [2.75, 3.05) is 42.9 Å². The first-order valence-electron chi connectivity index (χ1n) is 10.8. The highest BCUT2D eigenvalue weighted by Gasteiger charge is 2.24. The van der Waals surface area contributed by atoms with Crippen molar-refractivity contribution < 1.29 is 4.79 Å². The van der Waals surface area contributed by atoms with Crippen LogP contribution in [0.25, 0.3) is 0 Å². The predicted octanol–water partition coefficient (Wildman–Crippen LogP) is 4.12. The molecule has 31 heavy (non-hydrogen) atoms. The number of benzene rings is 2. The quantitative estimate of drug-likeness (QED) is 0.270. The normalized spacial score (nSPS) is 15.4. The van der Waals surface area contributed by atoms with E-state index < -0.39 is 0 Å². The van der Waals surface area contributed by atoms with E-state index in [9.17, 15) is 4.79 Å². The van der Waals surface area contributed by atoms with Crippen molar-refractivity contribution in [1.29, 1.82) is 0 Å². The first kappa shape index (κ1) is 25.0. The van der Waals surface area contributed by atoms with E-state index in [2.05, 4.69) is 72.0 Å². The molecule has 0 aromatic heterocycles. The first-order valence-corrected chi connectivity index (χ1v) is 10.8. The molecule has 1 aliphatic heterocycles. The third-order valence-electron chi connectivity index (χ3n) is 5.34. The minimum absolute atomic E-state index is 0. The molecule has 0 fully saturated rings. The van der Waals surface area contributed by atoms with Crippen LogP contribution in [-0.2, 0) is 4.79 Å². The summed E-state index contributed by atoms with van der Waals surface area (Å²) in [5.74, 6) is 0.953. The Morgan fingerprint density at radius 2 is 1.97 bits per heavy atom. The number of likely N-dealkylation sites (N-methyl/N-ethyl adjacent to an activating group) is 1. The molecule has 3 rings (SSSR count). The Morgan fingerprint density at radius 1 is 1.16 bits per heavy atom. The monoisotopic (exact) mass is 535 g/mol. The fourth-order valence-corrected chi connectivity index (χ4v) is 3.81. The molecule has 1 unspecified atom stereocenters. The van der Waals surface area contributed by atoms with E-state index in [0.717, 1.165) is 43.4 Å². The summed E-state index contributed by atoms with van der Waals surface area (Å²) in [5, 5.41) is 9.71. The van der Waals surface area contributed by atoms with Gasteiger partial charge in [0, 0.05) is 49.9 Å². The summed E-state index contributed by atoms with van der Waals surface area (Å²) in [6, 6.07) is 16.6. The fourth-order valence-electron chi connectivity index (χ4n) is 3.81. The van der Waals surface area contributed by atoms with Gasteiger partial charge in [0.1, 0.15) is 0 Å². The molecule has 6 nitrogen and oxygen atoms in total. The van der Waals surface area contributed by atoms with Crippen molar-refractivity contribution in [2.24, 2.45) is 4.99 Å². The molecule has 2 aromatic rings. The average molecular weight is 535 g/mol. The van der Waals surface area contributed by atoms with Crippen LogP contribution in [0.4, 0.5) is 11.4 Å². The van der Waals surface area contributed by atoms with Gasteiger partial charge in [-0.2, -0.15) is 0 Å². The Labute approximate surface area is 202 Å². The number of carbonyl (C=O) groups is 1. The number of aryl methyl sites for hydroxylation is 1. The summed E-state index contributed by atoms with van der Waals surface area (Å²) >= 11 is 0. The van der Waals surface area contributed by atoms with Gasteiger partial charge >= 0.3 is 0 Å². The number of hydrogen-bond donors (Lipinski definition) is 3. The Kier molecular flexibility index (Phi) is 10.1. The van der Waals surface area contributed by atoms with Crippen LogP contribution < -0.4 is 20.9 Å². The van der Waals surface area contributed by atoms with Crippen LogP contribution >= 0.6 is 24.0 Å². The van der Waals surface area contributed by atoms with Crippen molar-refractivity contribution in [2.45, 2.75) is 33.1 Å². The Morgan fingerprint density at radius 3 is 2.71 bits per heavy atom. The number of carbonyl (C=O) groups excluding carboxylic acids is 1. The number of fused-ring (bicyclic) bond motifs is 1. The molecule has 3 N–H and O–H groups in total. The molecule has 0 bridgehead atoms. The Hall–Kier alpha value is -2.29. The van der Waals surface area contributed by atoms with Crippen molar-refractivity contribution in [1.82, 2.24) is 10.6 Å². The fraction of sp³-hybridized carbons (Fsp3) is 0.417. The number of para-hydroxylation sites is 1. The summed E-state index contributed by atoms with van der Waals surface area (Å²) in [7, 11) is 0. The molecule has 0 saturated carbocycles. The molecule has 7 heteroatoms. The number of halogens is 1. The highest BCUT2D eigenvalue weighted by molar-refractivity contribution is 14.0. The van der Waals surface area contributed by atoms with Crippen LogP contribution in [0.1, 0.15) is 37.3 Å². The van der Waals surface area contributed by atoms with Gasteiger partial charge in [-0.05, 0) is 50.1 Å². The lowest BCUT2D eigenvalue weighted by Crippen LogP contribution is -2.42. The van der Waals surface area contributed by atoms with Crippen LogP contribution in [0.15, 0.2) is 53.5 Å². The molecule has 0 aliphatic carbocycles. The molecule has 2 aromatic carbocycles. The van der Waals surface area contributed by atoms with Crippen LogP contribution in [0.5, 0.6) is 0 Å². The van der Waals surface area contributed by atoms with Crippen molar-refractivity contribution in [3.8, 4) is 0 Å². The Balaban J connectivity index is 0.00000341. The molecular formula is C24H34IN5O. The van der Waals surface area contributed by atoms with Crippen LogP contribution in [0.3, 0.4) is 0 Å². The molecule has 1 amide bonds. The summed E-state index contributed by atoms with van der Waals surface area (Å²) in [5.41, 5.74) is 4.58. The van der Waals surface area contributed by atoms with Gasteiger partial charge in [0.25, 0.3) is 0 Å². The van der Waals surface area contributed by atoms with Crippen LogP contribution in [0, 0.1) is 6.92 Å². The van der Waals surface area contributed by atoms with Gasteiger partial charge in [0.15, 0.2) is 5.96 Å². The average Bonchev–Trinajstić information content (AvgIpc) is 2.74. The summed E-state index contributed by atoms with van der Waals surface area (Å²) in [6.07, 6.45) is 0.469. The number of hydrogen-bond acceptors (Lipinski definition) is 3. The molecular weight excluding hydrogens is 501 g/mol. The van der Waals surface area contributed by atoms with E-state index in [0.29, 0.717) is 13.0 Å². The van der Waals surface area contributed by atoms with E-state index in [-0.39, 0.29) is 35.8 Å². The van der Waals surface area contributed by atoms with E-state index in [4.69, 9.17) is 4.99 Å². The molecule has 168 valence electrons. The highest BCUT2D eigenvalue weighted by atomic mass is 127. The van der Waals surface area contributed by atoms with Gasteiger partial charge in [0.2, 0.25) is 5.91 Å². The smallest absolute Gasteiger partial charge is 0.225 e. The summed E-state index contributed by atoms with van der Waals surface area (Å²) in [6.45, 7) is 10.4. The number of nitrogens with one attached hydrogen (secondary N) is 3. The Bertz CT molecular complexity index is 886. The molecule has 1 atom stereocenters. The second-order valence-corrected chi connectivity index (χ2v) is 7.60. The topological polar surface area (TPSA) is 68.8 Å². The van der Waals surface area contributed by atoms with Gasteiger partial charge < -0.3 is 20.9 Å². The number of rotatable bonds is 8. The SMILES string of the molecule is CCNC(=NCC1CC(=O)Nc2ccccc21)NCCN(CC)c1cccc(C)c1.I. The highest BCUT2D eigenvalue weighted by Crippen LogP contribution is 2.31. The number of nitrogens with zero attached hydrogens (tertiary/aromatic N) is 2. The third-order valence-corrected chi connectivity index (χ3v) is 5.34. The predicted molar refractivity (Wildman–Crippen MR) is 141 cm³/mol. The van der Waals surface area contributed by atoms with E-state index in [1.165, 1.54) is 11.3 Å². The molecule has 0 spiro atoms. The number of guanidine groups is 1. The number of aliphatic imine (C=N–C) groups is 1. The largest absolute Gasteiger partial charge is 0.370 e. The van der Waals surface area contributed by atoms with Gasteiger partial charge in [0.05, 0.1) is 6.54 Å². The minimum atomic E-state index is 0. The number of anilines is 2. The standard InChI is InChI=1S/C24H33N5O.HI/c1-4-25-24(26-13-14-29(5-2)20-10-8-9-18(3)15-20)27-17-19-16-23(30)28-22-12-7-6-11-21(19)22;/h6-12,15,19H,4-5,13-14,16-17H2,1-3H3,(H,28,30)(H2,25,26,27);1H. The third kappa shape index (κ3) is 7.12. The first-order chi connectivity index (χ1) is 14.6. The maximum Gasteiger partial charge on any atom is 0.225 e. The maximum atomic E-state index is 12.0. The summed E-state index contributed by atoms with van der Waals surface area (Å²) < 4.78 is 0. The minimum Gasteiger partial charge on any atom is -0.370 e. The lowest BCUT2D eigenvalue weighted by molar-refractivity contribution is -0.116. The molecule has 1 aliphatic rings. The summed E-state index contributed by atoms with van der Waals surface area (Å²) in [4.78, 5) is 19.2. The lowest BCUT2D eigenvalue weighted by atomic mass is 9.91. The second kappa shape index (κ2) is 12.5. The van der Waals surface area contributed by atoms with E-state index in [1.54, 1.807) is 0 Å². The molecule has 0 saturated heterocycles. The zero-order valence-electron chi connectivity index (χ0n) is 18.6. The van der Waals surface area contributed by atoms with Gasteiger partial charge in [-0.25, -0.2) is 0 Å². The van der Waals surface area contributed by atoms with Crippen LogP contribution in [0.2, 0.25) is 0 Å². The van der Waals surface area contributed by atoms with Crippen molar-refractivity contribution >= 4 is 47.2 Å². The zero-order valence-corrected chi connectivity index (χ0v) is 21.0. The van der Waals surface area contributed by atoms with E-state index in [1.807, 2.05) is 18.2 Å². The number of amides is 1. The van der Waals surface area contributed by atoms with E-state index >= 15 is 0 Å².